The molecule has 2 atom stereocenters. The fourth-order valence-electron chi connectivity index (χ4n) is 1.91. The minimum atomic E-state index is -3.44. The van der Waals surface area contributed by atoms with Gasteiger partial charge in [-0.2, -0.15) is 0 Å². The van der Waals surface area contributed by atoms with Crippen molar-refractivity contribution < 1.29 is 13.9 Å². The Kier molecular flexibility index (Phi) is 3.93. The first-order valence-electron chi connectivity index (χ1n) is 5.95. The molecule has 100 valence electrons. The van der Waals surface area contributed by atoms with E-state index in [2.05, 4.69) is 0 Å². The van der Waals surface area contributed by atoms with Crippen LogP contribution >= 0.6 is 0 Å². The molecular formula is C15H15F2NO. The van der Waals surface area contributed by atoms with E-state index in [1.54, 1.807) is 36.4 Å². The van der Waals surface area contributed by atoms with Crippen molar-refractivity contribution in [2.75, 3.05) is 0 Å². The van der Waals surface area contributed by atoms with Gasteiger partial charge in [0.05, 0.1) is 6.04 Å². The molecule has 2 rings (SSSR count). The Balaban J connectivity index is 2.27. The van der Waals surface area contributed by atoms with Gasteiger partial charge in [-0.25, -0.2) is 8.78 Å². The van der Waals surface area contributed by atoms with E-state index in [1.807, 2.05) is 0 Å². The van der Waals surface area contributed by atoms with Crippen molar-refractivity contribution in [2.45, 2.75) is 18.1 Å². The van der Waals surface area contributed by atoms with Gasteiger partial charge in [-0.15, -0.1) is 0 Å². The summed E-state index contributed by atoms with van der Waals surface area (Å²) < 4.78 is 28.4. The van der Waals surface area contributed by atoms with Crippen molar-refractivity contribution in [3.8, 4) is 0 Å². The smallest absolute Gasteiger partial charge is 0.296 e. The van der Waals surface area contributed by atoms with Crippen LogP contribution in [0.2, 0.25) is 0 Å². The molecule has 4 heteroatoms. The maximum absolute atomic E-state index is 14.2. The van der Waals surface area contributed by atoms with Gasteiger partial charge < -0.3 is 10.8 Å². The number of alkyl halides is 2. The van der Waals surface area contributed by atoms with Crippen LogP contribution in [0.3, 0.4) is 0 Å². The Labute approximate surface area is 110 Å². The fraction of sp³-hybridized carbons (Fsp3) is 0.200. The number of hydrogen-bond acceptors (Lipinski definition) is 2. The van der Waals surface area contributed by atoms with E-state index in [9.17, 15) is 13.9 Å². The third-order valence-electron chi connectivity index (χ3n) is 3.05. The number of halogens is 2. The van der Waals surface area contributed by atoms with Gasteiger partial charge in [-0.3, -0.25) is 0 Å². The van der Waals surface area contributed by atoms with Crippen molar-refractivity contribution in [3.05, 3.63) is 71.8 Å². The molecular weight excluding hydrogens is 248 g/mol. The predicted octanol–water partition coefficient (Wildman–Crippen LogP) is 3.06. The average Bonchev–Trinajstić information content (AvgIpc) is 2.47. The second kappa shape index (κ2) is 5.47. The minimum Gasteiger partial charge on any atom is -0.382 e. The summed E-state index contributed by atoms with van der Waals surface area (Å²) in [6, 6.07) is 14.3. The van der Waals surface area contributed by atoms with E-state index in [0.29, 0.717) is 5.56 Å². The molecule has 0 aromatic heterocycles. The van der Waals surface area contributed by atoms with Crippen molar-refractivity contribution in [2.24, 2.45) is 5.73 Å². The van der Waals surface area contributed by atoms with E-state index in [-0.39, 0.29) is 5.56 Å². The normalized spacial score (nSPS) is 14.9. The summed E-state index contributed by atoms with van der Waals surface area (Å²) in [5, 5.41) is 9.85. The first-order chi connectivity index (χ1) is 9.03. The van der Waals surface area contributed by atoms with Gasteiger partial charge in [0.15, 0.2) is 0 Å². The first kappa shape index (κ1) is 13.6. The SMILES string of the molecule is N[C@@H](c1ccccc1)C(F)(F)[C@@H](O)c1ccccc1. The van der Waals surface area contributed by atoms with E-state index in [4.69, 9.17) is 5.73 Å². The Hall–Kier alpha value is -1.78. The molecule has 2 nitrogen and oxygen atoms in total. The van der Waals surface area contributed by atoms with E-state index in [1.165, 1.54) is 24.3 Å². The molecule has 0 heterocycles. The zero-order valence-corrected chi connectivity index (χ0v) is 10.2. The lowest BCUT2D eigenvalue weighted by Gasteiger charge is -2.28. The molecule has 2 aromatic carbocycles. The predicted molar refractivity (Wildman–Crippen MR) is 69.7 cm³/mol. The highest BCUT2D eigenvalue weighted by atomic mass is 19.3. The number of hydrogen-bond donors (Lipinski definition) is 2. The topological polar surface area (TPSA) is 46.2 Å². The summed E-state index contributed by atoms with van der Waals surface area (Å²) in [6.45, 7) is 0. The van der Waals surface area contributed by atoms with E-state index < -0.39 is 18.1 Å². The Morgan fingerprint density at radius 2 is 1.26 bits per heavy atom. The number of benzene rings is 2. The summed E-state index contributed by atoms with van der Waals surface area (Å²) in [7, 11) is 0. The minimum absolute atomic E-state index is 0.152. The molecule has 0 fully saturated rings. The summed E-state index contributed by atoms with van der Waals surface area (Å²) in [5.74, 6) is -3.44. The van der Waals surface area contributed by atoms with Crippen molar-refractivity contribution >= 4 is 0 Å². The maximum atomic E-state index is 14.2. The molecule has 0 unspecified atom stereocenters. The van der Waals surface area contributed by atoms with Crippen molar-refractivity contribution in [3.63, 3.8) is 0 Å². The molecule has 0 saturated heterocycles. The number of rotatable bonds is 4. The molecule has 2 aromatic rings. The molecule has 0 aliphatic rings. The van der Waals surface area contributed by atoms with Gasteiger partial charge in [0.25, 0.3) is 5.92 Å². The van der Waals surface area contributed by atoms with Crippen LogP contribution < -0.4 is 5.73 Å². The Bertz CT molecular complexity index is 469. The van der Waals surface area contributed by atoms with Gasteiger partial charge in [0.1, 0.15) is 6.10 Å². The lowest BCUT2D eigenvalue weighted by Crippen LogP contribution is -2.38. The zero-order valence-electron chi connectivity index (χ0n) is 10.2. The van der Waals surface area contributed by atoms with Crippen LogP contribution in [-0.2, 0) is 0 Å². The lowest BCUT2D eigenvalue weighted by molar-refractivity contribution is -0.128. The van der Waals surface area contributed by atoms with Crippen LogP contribution in [0.25, 0.3) is 0 Å². The monoisotopic (exact) mass is 263 g/mol. The van der Waals surface area contributed by atoms with Gasteiger partial charge >= 0.3 is 0 Å². The van der Waals surface area contributed by atoms with Crippen LogP contribution in [0.15, 0.2) is 60.7 Å². The standard InChI is InChI=1S/C15H15F2NO/c16-15(17,13(18)11-7-3-1-4-8-11)14(19)12-9-5-2-6-10-12/h1-10,13-14,19H,18H2/t13-,14-/m0/s1. The highest BCUT2D eigenvalue weighted by Gasteiger charge is 2.46. The zero-order chi connectivity index (χ0) is 13.9. The van der Waals surface area contributed by atoms with Crippen LogP contribution in [0, 0.1) is 0 Å². The van der Waals surface area contributed by atoms with E-state index in [0.717, 1.165) is 0 Å². The summed E-state index contributed by atoms with van der Waals surface area (Å²) >= 11 is 0. The molecule has 0 amide bonds. The summed E-state index contributed by atoms with van der Waals surface area (Å²) in [4.78, 5) is 0. The first-order valence-corrected chi connectivity index (χ1v) is 5.95. The molecule has 19 heavy (non-hydrogen) atoms. The second-order valence-electron chi connectivity index (χ2n) is 4.38. The maximum Gasteiger partial charge on any atom is 0.296 e. The largest absolute Gasteiger partial charge is 0.382 e. The molecule has 0 saturated carbocycles. The highest BCUT2D eigenvalue weighted by Crippen LogP contribution is 2.39. The second-order valence-corrected chi connectivity index (χ2v) is 4.38. The Morgan fingerprint density at radius 1 is 0.842 bits per heavy atom. The van der Waals surface area contributed by atoms with Gasteiger partial charge in [-0.1, -0.05) is 60.7 Å². The fourth-order valence-corrected chi connectivity index (χ4v) is 1.91. The molecule has 0 aliphatic heterocycles. The molecule has 0 radical (unpaired) electrons. The highest BCUT2D eigenvalue weighted by molar-refractivity contribution is 5.25. The number of nitrogens with two attached hydrogens (primary N) is 1. The van der Waals surface area contributed by atoms with Crippen LogP contribution in [0.5, 0.6) is 0 Å². The van der Waals surface area contributed by atoms with Crippen LogP contribution in [0.1, 0.15) is 23.3 Å². The summed E-state index contributed by atoms with van der Waals surface area (Å²) in [5.41, 5.74) is 6.05. The number of aliphatic hydroxyl groups excluding tert-OH is 1. The molecule has 3 N–H and O–H groups in total. The molecule has 0 spiro atoms. The van der Waals surface area contributed by atoms with Crippen LogP contribution in [0.4, 0.5) is 8.78 Å². The quantitative estimate of drug-likeness (QED) is 0.890. The molecule has 0 bridgehead atoms. The third kappa shape index (κ3) is 2.80. The lowest BCUT2D eigenvalue weighted by atomic mass is 9.93. The van der Waals surface area contributed by atoms with Crippen molar-refractivity contribution in [1.29, 1.82) is 0 Å². The van der Waals surface area contributed by atoms with Gasteiger partial charge in [0.2, 0.25) is 0 Å². The average molecular weight is 263 g/mol. The molecule has 0 aliphatic carbocycles. The van der Waals surface area contributed by atoms with Crippen LogP contribution in [-0.4, -0.2) is 11.0 Å². The van der Waals surface area contributed by atoms with E-state index >= 15 is 0 Å². The number of aliphatic hydroxyl groups is 1. The van der Waals surface area contributed by atoms with Gasteiger partial charge in [-0.05, 0) is 11.1 Å². The summed E-state index contributed by atoms with van der Waals surface area (Å²) in [6.07, 6.45) is -1.93. The van der Waals surface area contributed by atoms with Crippen molar-refractivity contribution in [1.82, 2.24) is 0 Å². The third-order valence-corrected chi connectivity index (χ3v) is 3.05. The Morgan fingerprint density at radius 3 is 1.74 bits per heavy atom. The van der Waals surface area contributed by atoms with Gasteiger partial charge in [0, 0.05) is 0 Å².